The lowest BCUT2D eigenvalue weighted by atomic mass is 10.1. The van der Waals surface area contributed by atoms with E-state index in [0.717, 1.165) is 5.56 Å². The maximum absolute atomic E-state index is 13.4. The Hall–Kier alpha value is -3.86. The first-order chi connectivity index (χ1) is 15.7. The molecule has 10 heteroatoms. The average molecular weight is 466 g/mol. The lowest BCUT2D eigenvalue weighted by Gasteiger charge is -2.08. The van der Waals surface area contributed by atoms with Gasteiger partial charge in [-0.15, -0.1) is 0 Å². The zero-order valence-electron chi connectivity index (χ0n) is 17.3. The summed E-state index contributed by atoms with van der Waals surface area (Å²) in [6.07, 6.45) is 0. The number of nitrogens with zero attached hydrogens (tertiary/aromatic N) is 2. The van der Waals surface area contributed by atoms with Crippen molar-refractivity contribution >= 4 is 21.6 Å². The Morgan fingerprint density at radius 3 is 2.18 bits per heavy atom. The molecule has 0 saturated heterocycles. The van der Waals surface area contributed by atoms with Crippen molar-refractivity contribution in [1.82, 2.24) is 9.78 Å². The van der Waals surface area contributed by atoms with Crippen molar-refractivity contribution in [2.45, 2.75) is 11.4 Å². The fraction of sp³-hybridized carbons (Fsp3) is 0.0435. The molecule has 0 spiro atoms. The molecule has 0 aliphatic heterocycles. The van der Waals surface area contributed by atoms with Gasteiger partial charge in [0.25, 0.3) is 5.91 Å². The van der Waals surface area contributed by atoms with Crippen LogP contribution >= 0.6 is 0 Å². The third-order valence-electron chi connectivity index (χ3n) is 4.94. The minimum atomic E-state index is -3.86. The number of nitrogens with one attached hydrogen (secondary N) is 1. The van der Waals surface area contributed by atoms with Gasteiger partial charge in [0.2, 0.25) is 10.0 Å². The topological polar surface area (TPSA) is 133 Å². The Kier molecular flexibility index (Phi) is 6.05. The molecule has 4 rings (SSSR count). The van der Waals surface area contributed by atoms with Crippen LogP contribution in [0.25, 0.3) is 16.9 Å². The van der Waals surface area contributed by atoms with Gasteiger partial charge in [-0.25, -0.2) is 22.6 Å². The Balaban J connectivity index is 1.73. The molecule has 4 aromatic rings. The molecule has 0 saturated carbocycles. The van der Waals surface area contributed by atoms with Gasteiger partial charge in [-0.3, -0.25) is 4.79 Å². The third kappa shape index (κ3) is 4.98. The normalized spacial score (nSPS) is 11.4. The molecule has 0 fully saturated rings. The molecular formula is C23H20FN5O3S. The minimum absolute atomic E-state index is 0.0550. The van der Waals surface area contributed by atoms with E-state index >= 15 is 0 Å². The summed E-state index contributed by atoms with van der Waals surface area (Å²) in [7, 11) is -3.86. The average Bonchev–Trinajstić information content (AvgIpc) is 3.25. The minimum Gasteiger partial charge on any atom is -0.326 e. The molecule has 5 N–H and O–H groups in total. The quantitative estimate of drug-likeness (QED) is 0.403. The largest absolute Gasteiger partial charge is 0.326 e. The van der Waals surface area contributed by atoms with E-state index in [9.17, 15) is 17.6 Å². The van der Waals surface area contributed by atoms with Gasteiger partial charge in [0, 0.05) is 17.8 Å². The second-order valence-electron chi connectivity index (χ2n) is 7.23. The number of hydrogen-bond acceptors (Lipinski definition) is 5. The smallest absolute Gasteiger partial charge is 0.276 e. The van der Waals surface area contributed by atoms with Crippen molar-refractivity contribution in [3.05, 3.63) is 95.9 Å². The van der Waals surface area contributed by atoms with Gasteiger partial charge in [0.15, 0.2) is 5.69 Å². The first kappa shape index (κ1) is 22.3. The lowest BCUT2D eigenvalue weighted by molar-refractivity contribution is 0.102. The number of rotatable bonds is 6. The second-order valence-corrected chi connectivity index (χ2v) is 8.79. The molecule has 168 valence electrons. The maximum atomic E-state index is 13.4. The standard InChI is InChI=1S/C23H20FN5O3S/c24-17-5-3-16(4-6-17)22-13-21(23(30)27-18-7-1-15(14-25)2-8-18)28-29(22)19-9-11-20(12-10-19)33(26,31)32/h1-13H,14,25H2,(H,27,30)(H2,26,31,32). The van der Waals surface area contributed by atoms with E-state index in [1.165, 1.54) is 41.1 Å². The maximum Gasteiger partial charge on any atom is 0.276 e. The predicted molar refractivity (Wildman–Crippen MR) is 123 cm³/mol. The molecule has 33 heavy (non-hydrogen) atoms. The van der Waals surface area contributed by atoms with E-state index < -0.39 is 21.7 Å². The molecule has 0 aliphatic carbocycles. The lowest BCUT2D eigenvalue weighted by Crippen LogP contribution is -2.13. The van der Waals surface area contributed by atoms with E-state index in [0.29, 0.717) is 29.2 Å². The van der Waals surface area contributed by atoms with Crippen molar-refractivity contribution < 1.29 is 17.6 Å². The molecule has 0 unspecified atom stereocenters. The van der Waals surface area contributed by atoms with Crippen LogP contribution in [0, 0.1) is 5.82 Å². The Bertz CT molecular complexity index is 1400. The number of hydrogen-bond donors (Lipinski definition) is 3. The summed E-state index contributed by atoms with van der Waals surface area (Å²) in [5, 5.41) is 12.4. The second kappa shape index (κ2) is 8.94. The zero-order chi connectivity index (χ0) is 23.6. The Morgan fingerprint density at radius 1 is 0.970 bits per heavy atom. The summed E-state index contributed by atoms with van der Waals surface area (Å²) in [5.74, 6) is -0.847. The number of carbonyl (C=O) groups is 1. The van der Waals surface area contributed by atoms with E-state index in [1.54, 1.807) is 30.3 Å². The van der Waals surface area contributed by atoms with Crippen molar-refractivity contribution in [3.63, 3.8) is 0 Å². The highest BCUT2D eigenvalue weighted by Gasteiger charge is 2.18. The van der Waals surface area contributed by atoms with Crippen molar-refractivity contribution in [2.24, 2.45) is 10.9 Å². The number of anilines is 1. The van der Waals surface area contributed by atoms with E-state index in [-0.39, 0.29) is 10.6 Å². The van der Waals surface area contributed by atoms with E-state index in [2.05, 4.69) is 10.4 Å². The van der Waals surface area contributed by atoms with Crippen molar-refractivity contribution in [3.8, 4) is 16.9 Å². The summed E-state index contributed by atoms with van der Waals surface area (Å²) in [4.78, 5) is 12.8. The van der Waals surface area contributed by atoms with Crippen LogP contribution in [0.4, 0.5) is 10.1 Å². The first-order valence-electron chi connectivity index (χ1n) is 9.84. The third-order valence-corrected chi connectivity index (χ3v) is 5.87. The van der Waals surface area contributed by atoms with Gasteiger partial charge < -0.3 is 11.1 Å². The van der Waals surface area contributed by atoms with Crippen molar-refractivity contribution in [1.29, 1.82) is 0 Å². The molecule has 1 heterocycles. The molecule has 0 radical (unpaired) electrons. The number of carbonyl (C=O) groups excluding carboxylic acids is 1. The van der Waals surface area contributed by atoms with Gasteiger partial charge in [-0.05, 0) is 72.3 Å². The van der Waals surface area contributed by atoms with Gasteiger partial charge in [-0.1, -0.05) is 12.1 Å². The van der Waals surface area contributed by atoms with Crippen LogP contribution in [0.3, 0.4) is 0 Å². The Labute approximate surface area is 189 Å². The number of sulfonamides is 1. The van der Waals surface area contributed by atoms with Gasteiger partial charge in [0.05, 0.1) is 16.3 Å². The number of benzene rings is 3. The molecule has 0 aliphatic rings. The summed E-state index contributed by atoms with van der Waals surface area (Å²) < 4.78 is 38.1. The van der Waals surface area contributed by atoms with Crippen LogP contribution in [-0.2, 0) is 16.6 Å². The highest BCUT2D eigenvalue weighted by atomic mass is 32.2. The fourth-order valence-corrected chi connectivity index (χ4v) is 3.73. The first-order valence-corrected chi connectivity index (χ1v) is 11.4. The molecule has 3 aromatic carbocycles. The van der Waals surface area contributed by atoms with Crippen LogP contribution in [0.2, 0.25) is 0 Å². The summed E-state index contributed by atoms with van der Waals surface area (Å²) in [5.41, 5.74) is 8.85. The molecule has 1 amide bonds. The summed E-state index contributed by atoms with van der Waals surface area (Å²) in [6, 6.07) is 20.1. The monoisotopic (exact) mass is 465 g/mol. The SMILES string of the molecule is NCc1ccc(NC(=O)c2cc(-c3ccc(F)cc3)n(-c3ccc(S(N)(=O)=O)cc3)n2)cc1. The van der Waals surface area contributed by atoms with Gasteiger partial charge in [-0.2, -0.15) is 5.10 Å². The van der Waals surface area contributed by atoms with Gasteiger partial charge >= 0.3 is 0 Å². The number of halogens is 1. The van der Waals surface area contributed by atoms with Gasteiger partial charge in [0.1, 0.15) is 5.82 Å². The fourth-order valence-electron chi connectivity index (χ4n) is 3.21. The van der Waals surface area contributed by atoms with Crippen LogP contribution in [0.1, 0.15) is 16.1 Å². The van der Waals surface area contributed by atoms with Crippen LogP contribution < -0.4 is 16.2 Å². The molecule has 0 bridgehead atoms. The molecule has 8 nitrogen and oxygen atoms in total. The zero-order valence-corrected chi connectivity index (χ0v) is 18.1. The number of aromatic nitrogens is 2. The number of primary sulfonamides is 1. The molecule has 1 aromatic heterocycles. The predicted octanol–water partition coefficient (Wildman–Crippen LogP) is 3.04. The summed E-state index contributed by atoms with van der Waals surface area (Å²) >= 11 is 0. The Morgan fingerprint density at radius 2 is 1.61 bits per heavy atom. The van der Waals surface area contributed by atoms with Crippen LogP contribution in [0.15, 0.2) is 83.8 Å². The highest BCUT2D eigenvalue weighted by Crippen LogP contribution is 2.25. The van der Waals surface area contributed by atoms with E-state index in [1.807, 2.05) is 12.1 Å². The highest BCUT2D eigenvalue weighted by molar-refractivity contribution is 7.89. The van der Waals surface area contributed by atoms with Crippen molar-refractivity contribution in [2.75, 3.05) is 5.32 Å². The van der Waals surface area contributed by atoms with Crippen LogP contribution in [-0.4, -0.2) is 24.1 Å². The van der Waals surface area contributed by atoms with Crippen LogP contribution in [0.5, 0.6) is 0 Å². The number of amides is 1. The number of nitrogens with two attached hydrogens (primary N) is 2. The summed E-state index contributed by atoms with van der Waals surface area (Å²) in [6.45, 7) is 0.393. The molecule has 0 atom stereocenters. The van der Waals surface area contributed by atoms with E-state index in [4.69, 9.17) is 10.9 Å². The molecular weight excluding hydrogens is 445 g/mol.